The zero-order valence-corrected chi connectivity index (χ0v) is 16.3. The van der Waals surface area contributed by atoms with Crippen LogP contribution in [0.2, 0.25) is 0 Å². The van der Waals surface area contributed by atoms with E-state index in [1.807, 2.05) is 0 Å². The normalized spacial score (nSPS) is 11.5. The Bertz CT molecular complexity index is 1320. The number of alkyl halides is 3. The van der Waals surface area contributed by atoms with Gasteiger partial charge in [0.1, 0.15) is 5.69 Å². The molecule has 4 aromatic rings. The molecule has 4 rings (SSSR count). The van der Waals surface area contributed by atoms with Crippen LogP contribution in [0.25, 0.3) is 22.0 Å². The third-order valence-electron chi connectivity index (χ3n) is 4.92. The van der Waals surface area contributed by atoms with Crippen LogP contribution in [0.5, 0.6) is 0 Å². The molecule has 0 spiro atoms. The van der Waals surface area contributed by atoms with Gasteiger partial charge in [0.15, 0.2) is 5.78 Å². The molecule has 7 heteroatoms. The van der Waals surface area contributed by atoms with Gasteiger partial charge in [0, 0.05) is 28.9 Å². The molecule has 0 saturated heterocycles. The Kier molecular flexibility index (Phi) is 5.10. The number of Topliss-reactive ketones (excluding diaryl/α,β-unsaturated/α-hetero) is 1. The summed E-state index contributed by atoms with van der Waals surface area (Å²) in [6.45, 7) is 1.36. The smallest absolute Gasteiger partial charge is 0.294 e. The lowest BCUT2D eigenvalue weighted by atomic mass is 9.89. The van der Waals surface area contributed by atoms with Gasteiger partial charge in [-0.15, -0.1) is 0 Å². The first-order valence-electron chi connectivity index (χ1n) is 9.34. The molecule has 0 aliphatic heterocycles. The molecule has 0 saturated carbocycles. The number of nitrogens with zero attached hydrogens (tertiary/aromatic N) is 2. The van der Waals surface area contributed by atoms with Crippen LogP contribution in [0.3, 0.4) is 0 Å². The monoisotopic (exact) mass is 420 g/mol. The van der Waals surface area contributed by atoms with E-state index in [1.165, 1.54) is 31.3 Å². The molecule has 2 aromatic heterocycles. The Hall–Kier alpha value is -3.87. The van der Waals surface area contributed by atoms with Gasteiger partial charge in [0.25, 0.3) is 0 Å². The van der Waals surface area contributed by atoms with Gasteiger partial charge in [0.05, 0.1) is 16.6 Å². The summed E-state index contributed by atoms with van der Waals surface area (Å²) in [7, 11) is 0. The zero-order chi connectivity index (χ0) is 22.2. The van der Waals surface area contributed by atoms with Crippen molar-refractivity contribution in [1.82, 2.24) is 9.97 Å². The number of carbonyl (C=O) groups excluding carboxylic acids is 2. The Balaban J connectivity index is 2.12. The minimum atomic E-state index is -4.63. The maximum Gasteiger partial charge on any atom is 0.418 e. The number of fused-ring (bicyclic) bond motifs is 1. The van der Waals surface area contributed by atoms with Crippen molar-refractivity contribution in [2.75, 3.05) is 0 Å². The molecule has 0 atom stereocenters. The van der Waals surface area contributed by atoms with Crippen molar-refractivity contribution in [3.8, 4) is 11.1 Å². The van der Waals surface area contributed by atoms with Crippen LogP contribution in [-0.4, -0.2) is 21.5 Å². The quantitative estimate of drug-likeness (QED) is 0.395. The number of para-hydroxylation sites is 1. The molecule has 0 fully saturated rings. The summed E-state index contributed by atoms with van der Waals surface area (Å²) in [4.78, 5) is 33.6. The second kappa shape index (κ2) is 7.75. The average molecular weight is 420 g/mol. The van der Waals surface area contributed by atoms with Crippen molar-refractivity contribution in [2.24, 2.45) is 0 Å². The van der Waals surface area contributed by atoms with Crippen LogP contribution in [0.4, 0.5) is 13.2 Å². The van der Waals surface area contributed by atoms with Gasteiger partial charge in [-0.1, -0.05) is 42.5 Å². The predicted molar refractivity (Wildman–Crippen MR) is 110 cm³/mol. The van der Waals surface area contributed by atoms with Gasteiger partial charge in [-0.05, 0) is 30.7 Å². The molecule has 2 heterocycles. The summed E-state index contributed by atoms with van der Waals surface area (Å²) >= 11 is 0. The number of halogens is 3. The lowest BCUT2D eigenvalue weighted by molar-refractivity contribution is -0.136. The van der Waals surface area contributed by atoms with Gasteiger partial charge in [-0.25, -0.2) is 0 Å². The molecule has 31 heavy (non-hydrogen) atoms. The number of carbonyl (C=O) groups is 2. The minimum absolute atomic E-state index is 0.0687. The second-order valence-corrected chi connectivity index (χ2v) is 6.89. The first-order valence-corrected chi connectivity index (χ1v) is 9.34. The molecule has 0 aliphatic rings. The lowest BCUT2D eigenvalue weighted by Gasteiger charge is -2.17. The van der Waals surface area contributed by atoms with Crippen molar-refractivity contribution >= 4 is 22.5 Å². The summed E-state index contributed by atoms with van der Waals surface area (Å²) in [5.41, 5.74) is -0.137. The molecule has 154 valence electrons. The fourth-order valence-corrected chi connectivity index (χ4v) is 3.56. The number of aromatic nitrogens is 2. The summed E-state index contributed by atoms with van der Waals surface area (Å²) < 4.78 is 40.8. The number of ketones is 2. The molecule has 4 nitrogen and oxygen atoms in total. The van der Waals surface area contributed by atoms with E-state index < -0.39 is 17.5 Å². The number of benzene rings is 2. The van der Waals surface area contributed by atoms with Crippen LogP contribution < -0.4 is 0 Å². The van der Waals surface area contributed by atoms with Crippen molar-refractivity contribution in [1.29, 1.82) is 0 Å². The molecule has 0 unspecified atom stereocenters. The second-order valence-electron chi connectivity index (χ2n) is 6.89. The van der Waals surface area contributed by atoms with Crippen molar-refractivity contribution in [3.05, 3.63) is 95.4 Å². The zero-order valence-electron chi connectivity index (χ0n) is 16.3. The number of hydrogen-bond acceptors (Lipinski definition) is 4. The Morgan fingerprint density at radius 2 is 1.58 bits per heavy atom. The molecular formula is C24H15F3N2O2. The SMILES string of the molecule is CC(=O)c1ccccc1-c1c(C(=O)c2ccccn2)cnc2c(C(F)(F)F)cccc12. The van der Waals surface area contributed by atoms with Crippen LogP contribution in [0.1, 0.15) is 38.9 Å². The third-order valence-corrected chi connectivity index (χ3v) is 4.92. The van der Waals surface area contributed by atoms with Gasteiger partial charge in [-0.3, -0.25) is 19.6 Å². The van der Waals surface area contributed by atoms with Crippen LogP contribution in [0.15, 0.2) is 73.1 Å². The van der Waals surface area contributed by atoms with Crippen LogP contribution >= 0.6 is 0 Å². The molecule has 0 aliphatic carbocycles. The van der Waals surface area contributed by atoms with E-state index in [1.54, 1.807) is 36.4 Å². The average Bonchev–Trinajstić information content (AvgIpc) is 2.77. The van der Waals surface area contributed by atoms with E-state index in [0.717, 1.165) is 12.3 Å². The predicted octanol–water partition coefficient (Wildman–Crippen LogP) is 5.75. The van der Waals surface area contributed by atoms with Crippen LogP contribution in [0, 0.1) is 0 Å². The number of pyridine rings is 2. The van der Waals surface area contributed by atoms with E-state index in [-0.39, 0.29) is 33.5 Å². The summed E-state index contributed by atoms with van der Waals surface area (Å²) in [5.74, 6) is -0.774. The molecule has 0 N–H and O–H groups in total. The van der Waals surface area contributed by atoms with Gasteiger partial charge in [0.2, 0.25) is 5.78 Å². The fourth-order valence-electron chi connectivity index (χ4n) is 3.56. The standard InChI is InChI=1S/C24H15F3N2O2/c1-14(30)15-7-2-3-8-16(15)21-17-9-6-10-19(24(25,26)27)22(17)29-13-18(21)23(31)20-11-4-5-12-28-20/h2-13H,1H3. The lowest BCUT2D eigenvalue weighted by Crippen LogP contribution is -2.11. The molecule has 0 bridgehead atoms. The summed E-state index contributed by atoms with van der Waals surface area (Å²) in [6, 6.07) is 15.0. The first kappa shape index (κ1) is 20.4. The van der Waals surface area contributed by atoms with E-state index in [4.69, 9.17) is 0 Å². The van der Waals surface area contributed by atoms with Gasteiger partial charge >= 0.3 is 6.18 Å². The van der Waals surface area contributed by atoms with E-state index in [0.29, 0.717) is 11.1 Å². The maximum absolute atomic E-state index is 13.6. The number of rotatable bonds is 4. The third kappa shape index (κ3) is 3.70. The fraction of sp³-hybridized carbons (Fsp3) is 0.0833. The van der Waals surface area contributed by atoms with Crippen molar-refractivity contribution < 1.29 is 22.8 Å². The van der Waals surface area contributed by atoms with Crippen molar-refractivity contribution in [2.45, 2.75) is 13.1 Å². The highest BCUT2D eigenvalue weighted by Crippen LogP contribution is 2.39. The highest BCUT2D eigenvalue weighted by atomic mass is 19.4. The molecule has 0 amide bonds. The molecule has 2 aromatic carbocycles. The highest BCUT2D eigenvalue weighted by Gasteiger charge is 2.34. The van der Waals surface area contributed by atoms with E-state index in [2.05, 4.69) is 9.97 Å². The van der Waals surface area contributed by atoms with Crippen molar-refractivity contribution in [3.63, 3.8) is 0 Å². The summed E-state index contributed by atoms with van der Waals surface area (Å²) in [6.07, 6.45) is -2.05. The maximum atomic E-state index is 13.6. The molecular weight excluding hydrogens is 405 g/mol. The van der Waals surface area contributed by atoms with Gasteiger partial charge in [-0.2, -0.15) is 13.2 Å². The Labute approximate surface area is 175 Å². The topological polar surface area (TPSA) is 59.9 Å². The Morgan fingerprint density at radius 1 is 0.839 bits per heavy atom. The Morgan fingerprint density at radius 3 is 2.26 bits per heavy atom. The summed E-state index contributed by atoms with van der Waals surface area (Å²) in [5, 5.41) is 0.130. The highest BCUT2D eigenvalue weighted by molar-refractivity contribution is 6.17. The van der Waals surface area contributed by atoms with E-state index in [9.17, 15) is 22.8 Å². The molecule has 0 radical (unpaired) electrons. The van der Waals surface area contributed by atoms with Crippen LogP contribution in [-0.2, 0) is 6.18 Å². The number of hydrogen-bond donors (Lipinski definition) is 0. The largest absolute Gasteiger partial charge is 0.418 e. The van der Waals surface area contributed by atoms with Gasteiger partial charge < -0.3 is 0 Å². The minimum Gasteiger partial charge on any atom is -0.294 e. The van der Waals surface area contributed by atoms with E-state index >= 15 is 0 Å². The first-order chi connectivity index (χ1) is 14.8.